The number of nitrogens with one attached hydrogen (secondary N) is 3. The summed E-state index contributed by atoms with van der Waals surface area (Å²) in [6, 6.07) is 18.0. The fourth-order valence-electron chi connectivity index (χ4n) is 6.62. The molecule has 2 aromatic heterocycles. The van der Waals surface area contributed by atoms with Gasteiger partial charge in [0.25, 0.3) is 5.91 Å². The molecule has 3 aromatic carbocycles. The smallest absolute Gasteiger partial charge is 0.407 e. The molecule has 0 aliphatic heterocycles. The van der Waals surface area contributed by atoms with E-state index in [-0.39, 0.29) is 24.2 Å². The van der Waals surface area contributed by atoms with Gasteiger partial charge in [-0.25, -0.2) is 14.8 Å². The van der Waals surface area contributed by atoms with Crippen LogP contribution in [0.25, 0.3) is 33.4 Å². The van der Waals surface area contributed by atoms with Crippen LogP contribution in [0.1, 0.15) is 57.6 Å². The number of carbonyl (C=O) groups is 3. The van der Waals surface area contributed by atoms with Crippen LogP contribution in [-0.4, -0.2) is 66.9 Å². The van der Waals surface area contributed by atoms with Crippen LogP contribution in [0.2, 0.25) is 0 Å². The maximum Gasteiger partial charge on any atom is 0.407 e. The Labute approximate surface area is 290 Å². The maximum atomic E-state index is 14.2. The van der Waals surface area contributed by atoms with Gasteiger partial charge < -0.3 is 15.8 Å². The Hall–Kier alpha value is -5.43. The number of H-pyrrole nitrogens is 2. The van der Waals surface area contributed by atoms with Gasteiger partial charge in [0.15, 0.2) is 5.82 Å². The normalized spacial score (nSPS) is 16.9. The van der Waals surface area contributed by atoms with Crippen molar-refractivity contribution in [3.63, 3.8) is 0 Å². The van der Waals surface area contributed by atoms with E-state index in [2.05, 4.69) is 49.1 Å². The molecule has 1 aliphatic carbocycles. The molecule has 2 heterocycles. The van der Waals surface area contributed by atoms with Crippen LogP contribution in [0.15, 0.2) is 66.9 Å². The van der Waals surface area contributed by atoms with Crippen LogP contribution in [-0.2, 0) is 20.7 Å². The zero-order valence-corrected chi connectivity index (χ0v) is 28.8. The van der Waals surface area contributed by atoms with Gasteiger partial charge in [0.1, 0.15) is 5.60 Å². The number of hydrogen-bond acceptors (Lipinski definition) is 9. The summed E-state index contributed by atoms with van der Waals surface area (Å²) in [5.41, 5.74) is 12.2. The third-order valence-electron chi connectivity index (χ3n) is 9.14. The molecule has 0 bridgehead atoms. The highest BCUT2D eigenvalue weighted by molar-refractivity contribution is 6.17. The fourth-order valence-corrected chi connectivity index (χ4v) is 6.62. The Morgan fingerprint density at radius 2 is 1.76 bits per heavy atom. The number of rotatable bonds is 9. The molecule has 3 amide bonds. The first-order chi connectivity index (χ1) is 24.0. The lowest BCUT2D eigenvalue weighted by molar-refractivity contribution is -0.130. The van der Waals surface area contributed by atoms with E-state index in [1.54, 1.807) is 24.3 Å². The van der Waals surface area contributed by atoms with Gasteiger partial charge in [-0.15, -0.1) is 5.10 Å². The standard InChI is InChI=1S/C37H43N9O4/c1-22-8-17-31-29(21-40-41-31)32(22)27-7-5-6-24(18-27)19-30(38)35(48)46(28-15-13-25(14-16-28)33-42-44-45-43-33)34(47)26-11-9-23(10-12-26)20-39-36(49)50-37(2,3)4/h5-8,13-18,21,23,26,30H,9-12,19-20,38H2,1-4H3,(H,39,49)(H,40,41)(H,42,43,44,45)/t23-,26-,30-/m0/s1. The Morgan fingerprint density at radius 3 is 2.46 bits per heavy atom. The van der Waals surface area contributed by atoms with Gasteiger partial charge in [-0.3, -0.25) is 14.7 Å². The van der Waals surface area contributed by atoms with Crippen LogP contribution in [0.4, 0.5) is 10.5 Å². The zero-order valence-electron chi connectivity index (χ0n) is 28.8. The first kappa shape index (κ1) is 34.4. The Kier molecular flexibility index (Phi) is 10.0. The third kappa shape index (κ3) is 7.89. The molecule has 1 atom stereocenters. The second kappa shape index (κ2) is 14.6. The molecule has 1 aliphatic rings. The maximum absolute atomic E-state index is 14.2. The molecule has 1 fully saturated rings. The highest BCUT2D eigenvalue weighted by atomic mass is 16.6. The van der Waals surface area contributed by atoms with Crippen molar-refractivity contribution in [3.8, 4) is 22.5 Å². The van der Waals surface area contributed by atoms with Crippen molar-refractivity contribution in [2.24, 2.45) is 17.6 Å². The number of imide groups is 1. The summed E-state index contributed by atoms with van der Waals surface area (Å²) in [6.45, 7) is 7.99. The number of aromatic amines is 2. The van der Waals surface area contributed by atoms with Crippen molar-refractivity contribution in [3.05, 3.63) is 78.0 Å². The minimum Gasteiger partial charge on any atom is -0.444 e. The summed E-state index contributed by atoms with van der Waals surface area (Å²) in [5, 5.41) is 25.1. The molecule has 0 spiro atoms. The second-order valence-corrected chi connectivity index (χ2v) is 14.0. The molecule has 50 heavy (non-hydrogen) atoms. The quantitative estimate of drug-likeness (QED) is 0.157. The Bertz CT molecular complexity index is 1960. The van der Waals surface area contributed by atoms with Crippen molar-refractivity contribution >= 4 is 34.5 Å². The van der Waals surface area contributed by atoms with Crippen LogP contribution in [0.5, 0.6) is 0 Å². The van der Waals surface area contributed by atoms with Crippen LogP contribution in [0, 0.1) is 18.8 Å². The molecule has 6 rings (SSSR count). The molecule has 13 heteroatoms. The van der Waals surface area contributed by atoms with Crippen molar-refractivity contribution in [1.29, 1.82) is 0 Å². The molecule has 13 nitrogen and oxygen atoms in total. The SMILES string of the molecule is Cc1ccc2[nH]ncc2c1-c1cccc(C[C@H](N)C(=O)N(c2ccc(-c3nnn[nH]3)cc2)C(=O)[C@H]2CC[C@H](CNC(=O)OC(C)(C)C)CC2)c1. The van der Waals surface area contributed by atoms with E-state index >= 15 is 0 Å². The topological polar surface area (TPSA) is 185 Å². The Morgan fingerprint density at radius 1 is 1.00 bits per heavy atom. The van der Waals surface area contributed by atoms with Crippen LogP contribution in [0.3, 0.4) is 0 Å². The number of nitrogens with zero attached hydrogens (tertiary/aromatic N) is 5. The predicted octanol–water partition coefficient (Wildman–Crippen LogP) is 5.48. The number of fused-ring (bicyclic) bond motifs is 1. The monoisotopic (exact) mass is 677 g/mol. The van der Waals surface area contributed by atoms with E-state index in [0.717, 1.165) is 46.0 Å². The van der Waals surface area contributed by atoms with Gasteiger partial charge in [-0.2, -0.15) is 5.10 Å². The highest BCUT2D eigenvalue weighted by Crippen LogP contribution is 2.34. The van der Waals surface area contributed by atoms with Gasteiger partial charge >= 0.3 is 6.09 Å². The van der Waals surface area contributed by atoms with E-state index in [4.69, 9.17) is 10.5 Å². The number of ether oxygens (including phenoxy) is 1. The van der Waals surface area contributed by atoms with Gasteiger partial charge in [-0.05, 0) is 129 Å². The Balaban J connectivity index is 1.19. The number of carbonyl (C=O) groups excluding carboxylic acids is 3. The summed E-state index contributed by atoms with van der Waals surface area (Å²) in [5.74, 6) is -0.456. The van der Waals surface area contributed by atoms with E-state index in [1.165, 1.54) is 4.90 Å². The first-order valence-corrected chi connectivity index (χ1v) is 16.9. The summed E-state index contributed by atoms with van der Waals surface area (Å²) in [7, 11) is 0. The van der Waals surface area contributed by atoms with E-state index in [0.29, 0.717) is 36.5 Å². The second-order valence-electron chi connectivity index (χ2n) is 14.0. The minimum atomic E-state index is -0.979. The lowest BCUT2D eigenvalue weighted by Crippen LogP contribution is -2.50. The number of nitrogens with two attached hydrogens (primary N) is 1. The van der Waals surface area contributed by atoms with E-state index in [9.17, 15) is 14.4 Å². The minimum absolute atomic E-state index is 0.205. The molecule has 0 saturated heterocycles. The molecule has 1 saturated carbocycles. The largest absolute Gasteiger partial charge is 0.444 e. The number of aromatic nitrogens is 6. The van der Waals surface area contributed by atoms with Gasteiger partial charge in [0, 0.05) is 23.4 Å². The molecule has 5 aromatic rings. The van der Waals surface area contributed by atoms with E-state index < -0.39 is 23.6 Å². The summed E-state index contributed by atoms with van der Waals surface area (Å²) in [6.07, 6.45) is 4.23. The number of anilines is 1. The van der Waals surface area contributed by atoms with Crippen molar-refractivity contribution in [1.82, 2.24) is 36.1 Å². The summed E-state index contributed by atoms with van der Waals surface area (Å²) >= 11 is 0. The lowest BCUT2D eigenvalue weighted by Gasteiger charge is -2.32. The number of benzene rings is 3. The van der Waals surface area contributed by atoms with Gasteiger partial charge in [0.2, 0.25) is 5.91 Å². The fraction of sp³-hybridized carbons (Fsp3) is 0.378. The van der Waals surface area contributed by atoms with Crippen LogP contribution < -0.4 is 16.0 Å². The van der Waals surface area contributed by atoms with Crippen LogP contribution >= 0.6 is 0 Å². The third-order valence-corrected chi connectivity index (χ3v) is 9.14. The van der Waals surface area contributed by atoms with Gasteiger partial charge in [-0.1, -0.05) is 30.3 Å². The zero-order chi connectivity index (χ0) is 35.4. The summed E-state index contributed by atoms with van der Waals surface area (Å²) in [4.78, 5) is 41.9. The molecular formula is C37H43N9O4. The van der Waals surface area contributed by atoms with Crippen molar-refractivity contribution in [2.75, 3.05) is 11.4 Å². The number of hydrogen-bond donors (Lipinski definition) is 4. The predicted molar refractivity (Wildman–Crippen MR) is 190 cm³/mol. The van der Waals surface area contributed by atoms with Crippen molar-refractivity contribution in [2.45, 2.75) is 71.4 Å². The number of amides is 3. The highest BCUT2D eigenvalue weighted by Gasteiger charge is 2.35. The molecule has 0 unspecified atom stereocenters. The average Bonchev–Trinajstić information content (AvgIpc) is 3.80. The van der Waals surface area contributed by atoms with Crippen molar-refractivity contribution < 1.29 is 19.1 Å². The number of tetrazole rings is 1. The molecule has 0 radical (unpaired) electrons. The van der Waals surface area contributed by atoms with Gasteiger partial charge in [0.05, 0.1) is 23.4 Å². The molecule has 5 N–H and O–H groups in total. The molecule has 260 valence electrons. The lowest BCUT2D eigenvalue weighted by atomic mass is 9.81. The summed E-state index contributed by atoms with van der Waals surface area (Å²) < 4.78 is 5.36. The molecular weight excluding hydrogens is 634 g/mol. The number of aryl methyl sites for hydroxylation is 1. The average molecular weight is 678 g/mol. The number of alkyl carbamates (subject to hydrolysis) is 1. The van der Waals surface area contributed by atoms with E-state index in [1.807, 2.05) is 57.3 Å². The first-order valence-electron chi connectivity index (χ1n) is 16.9.